The summed E-state index contributed by atoms with van der Waals surface area (Å²) >= 11 is 0. The van der Waals surface area contributed by atoms with Gasteiger partial charge in [-0.05, 0) is 24.6 Å². The van der Waals surface area contributed by atoms with Gasteiger partial charge in [-0.3, -0.25) is 4.79 Å². The van der Waals surface area contributed by atoms with Crippen LogP contribution in [-0.2, 0) is 0 Å². The standard InChI is InChI=1S/C9H10O4/c1-6-2-8(12)7(4-10)3-9(6)13-5-11/h2-4,11-12H,5H2,1H3. The lowest BCUT2D eigenvalue weighted by Gasteiger charge is -2.07. The molecule has 0 aromatic heterocycles. The Labute approximate surface area is 75.4 Å². The number of phenolic OH excluding ortho intramolecular Hbond substituents is 1. The Balaban J connectivity index is 3.14. The van der Waals surface area contributed by atoms with Crippen LogP contribution in [-0.4, -0.2) is 23.3 Å². The number of aromatic hydroxyl groups is 1. The van der Waals surface area contributed by atoms with Crippen molar-refractivity contribution in [3.05, 3.63) is 23.3 Å². The van der Waals surface area contributed by atoms with Gasteiger partial charge in [-0.25, -0.2) is 0 Å². The van der Waals surface area contributed by atoms with Crippen molar-refractivity contribution in [1.82, 2.24) is 0 Å². The first-order valence-corrected chi connectivity index (χ1v) is 3.71. The molecular weight excluding hydrogens is 172 g/mol. The third kappa shape index (κ3) is 1.97. The van der Waals surface area contributed by atoms with E-state index < -0.39 is 6.79 Å². The second-order valence-corrected chi connectivity index (χ2v) is 2.57. The van der Waals surface area contributed by atoms with Gasteiger partial charge in [-0.15, -0.1) is 0 Å². The fourth-order valence-corrected chi connectivity index (χ4v) is 1.01. The summed E-state index contributed by atoms with van der Waals surface area (Å²) in [7, 11) is 0. The van der Waals surface area contributed by atoms with Crippen LogP contribution >= 0.6 is 0 Å². The summed E-state index contributed by atoms with van der Waals surface area (Å²) in [5.41, 5.74) is 0.811. The van der Waals surface area contributed by atoms with Crippen molar-refractivity contribution in [2.45, 2.75) is 6.92 Å². The number of ether oxygens (including phenoxy) is 1. The van der Waals surface area contributed by atoms with Crippen molar-refractivity contribution in [3.8, 4) is 11.5 Å². The van der Waals surface area contributed by atoms with E-state index in [4.69, 9.17) is 9.84 Å². The van der Waals surface area contributed by atoms with E-state index in [-0.39, 0.29) is 11.3 Å². The Hall–Kier alpha value is -1.55. The highest BCUT2D eigenvalue weighted by Gasteiger charge is 2.06. The van der Waals surface area contributed by atoms with Crippen LogP contribution in [0.1, 0.15) is 15.9 Å². The summed E-state index contributed by atoms with van der Waals surface area (Å²) in [6.07, 6.45) is 0.527. The average molecular weight is 182 g/mol. The molecule has 0 saturated carbocycles. The first kappa shape index (κ1) is 9.54. The molecule has 0 bridgehead atoms. The number of hydrogen-bond donors (Lipinski definition) is 2. The van der Waals surface area contributed by atoms with Crippen LogP contribution in [0, 0.1) is 6.92 Å². The summed E-state index contributed by atoms with van der Waals surface area (Å²) in [6.45, 7) is 1.25. The number of rotatable bonds is 3. The lowest BCUT2D eigenvalue weighted by molar-refractivity contribution is 0.0972. The number of carbonyl (C=O) groups excluding carboxylic acids is 1. The van der Waals surface area contributed by atoms with Gasteiger partial charge in [0, 0.05) is 0 Å². The summed E-state index contributed by atoms with van der Waals surface area (Å²) in [6, 6.07) is 2.79. The molecule has 1 aromatic rings. The zero-order valence-corrected chi connectivity index (χ0v) is 7.15. The van der Waals surface area contributed by atoms with Crippen LogP contribution in [0.4, 0.5) is 0 Å². The van der Waals surface area contributed by atoms with E-state index in [0.29, 0.717) is 17.6 Å². The van der Waals surface area contributed by atoms with Crippen LogP contribution in [0.15, 0.2) is 12.1 Å². The van der Waals surface area contributed by atoms with Gasteiger partial charge in [-0.2, -0.15) is 0 Å². The van der Waals surface area contributed by atoms with E-state index in [1.54, 1.807) is 6.92 Å². The summed E-state index contributed by atoms with van der Waals surface area (Å²) < 4.78 is 4.82. The number of benzene rings is 1. The summed E-state index contributed by atoms with van der Waals surface area (Å²) in [5.74, 6) is 0.306. The normalized spacial score (nSPS) is 9.69. The van der Waals surface area contributed by atoms with Crippen LogP contribution < -0.4 is 4.74 Å². The maximum atomic E-state index is 10.4. The maximum absolute atomic E-state index is 10.4. The molecule has 0 radical (unpaired) electrons. The molecule has 0 amide bonds. The second-order valence-electron chi connectivity index (χ2n) is 2.57. The maximum Gasteiger partial charge on any atom is 0.186 e. The van der Waals surface area contributed by atoms with E-state index >= 15 is 0 Å². The predicted octanol–water partition coefficient (Wildman–Crippen LogP) is 0.842. The van der Waals surface area contributed by atoms with Crippen LogP contribution in [0.3, 0.4) is 0 Å². The number of carbonyl (C=O) groups is 1. The first-order chi connectivity index (χ1) is 6.19. The second kappa shape index (κ2) is 3.91. The molecule has 1 aromatic carbocycles. The number of aliphatic hydroxyl groups is 1. The fraction of sp³-hybridized carbons (Fsp3) is 0.222. The van der Waals surface area contributed by atoms with E-state index in [2.05, 4.69) is 0 Å². The van der Waals surface area contributed by atoms with Crippen LogP contribution in [0.25, 0.3) is 0 Å². The van der Waals surface area contributed by atoms with Crippen molar-refractivity contribution in [3.63, 3.8) is 0 Å². The third-order valence-electron chi connectivity index (χ3n) is 1.67. The topological polar surface area (TPSA) is 66.8 Å². The van der Waals surface area contributed by atoms with E-state index in [1.807, 2.05) is 0 Å². The Morgan fingerprint density at radius 1 is 1.54 bits per heavy atom. The average Bonchev–Trinajstić information content (AvgIpc) is 2.10. The van der Waals surface area contributed by atoms with Crippen LogP contribution in [0.5, 0.6) is 11.5 Å². The molecule has 4 nitrogen and oxygen atoms in total. The highest BCUT2D eigenvalue weighted by atomic mass is 16.6. The largest absolute Gasteiger partial charge is 0.507 e. The molecule has 0 heterocycles. The fourth-order valence-electron chi connectivity index (χ4n) is 1.01. The van der Waals surface area contributed by atoms with Gasteiger partial charge in [-0.1, -0.05) is 0 Å². The van der Waals surface area contributed by atoms with Gasteiger partial charge in [0.1, 0.15) is 11.5 Å². The highest BCUT2D eigenvalue weighted by molar-refractivity contribution is 5.80. The predicted molar refractivity (Wildman–Crippen MR) is 45.9 cm³/mol. The van der Waals surface area contributed by atoms with E-state index in [9.17, 15) is 9.90 Å². The molecule has 0 aliphatic heterocycles. The Kier molecular flexibility index (Phi) is 2.87. The molecule has 13 heavy (non-hydrogen) atoms. The monoisotopic (exact) mass is 182 g/mol. The number of phenols is 1. The molecule has 0 spiro atoms. The van der Waals surface area contributed by atoms with Gasteiger partial charge in [0.15, 0.2) is 13.1 Å². The first-order valence-electron chi connectivity index (χ1n) is 3.71. The molecule has 0 aliphatic rings. The smallest absolute Gasteiger partial charge is 0.186 e. The number of hydrogen-bond acceptors (Lipinski definition) is 4. The summed E-state index contributed by atoms with van der Waals surface area (Å²) in [4.78, 5) is 10.4. The van der Waals surface area contributed by atoms with Crippen molar-refractivity contribution >= 4 is 6.29 Å². The zero-order valence-electron chi connectivity index (χ0n) is 7.15. The van der Waals surface area contributed by atoms with Gasteiger partial charge in [0.25, 0.3) is 0 Å². The van der Waals surface area contributed by atoms with Crippen molar-refractivity contribution in [1.29, 1.82) is 0 Å². The van der Waals surface area contributed by atoms with Crippen molar-refractivity contribution < 1.29 is 19.7 Å². The lowest BCUT2D eigenvalue weighted by atomic mass is 10.1. The number of aldehydes is 1. The number of aliphatic hydroxyl groups excluding tert-OH is 1. The SMILES string of the molecule is Cc1cc(O)c(C=O)cc1OCO. The number of aryl methyl sites for hydroxylation is 1. The quantitative estimate of drug-likeness (QED) is 0.537. The minimum absolute atomic E-state index is 0.0854. The molecule has 0 aliphatic carbocycles. The Bertz CT molecular complexity index is 320. The van der Waals surface area contributed by atoms with E-state index in [1.165, 1.54) is 12.1 Å². The van der Waals surface area contributed by atoms with E-state index in [0.717, 1.165) is 0 Å². The molecule has 70 valence electrons. The van der Waals surface area contributed by atoms with Crippen molar-refractivity contribution in [2.75, 3.05) is 6.79 Å². The molecule has 0 unspecified atom stereocenters. The molecule has 0 fully saturated rings. The zero-order chi connectivity index (χ0) is 9.84. The van der Waals surface area contributed by atoms with Gasteiger partial charge in [0.2, 0.25) is 0 Å². The minimum atomic E-state index is -0.454. The lowest BCUT2D eigenvalue weighted by Crippen LogP contribution is -1.97. The molecule has 4 heteroatoms. The molecule has 0 atom stereocenters. The molecule has 2 N–H and O–H groups in total. The molecular formula is C9H10O4. The Morgan fingerprint density at radius 2 is 2.23 bits per heavy atom. The van der Waals surface area contributed by atoms with Crippen molar-refractivity contribution in [2.24, 2.45) is 0 Å². The summed E-state index contributed by atoms with van der Waals surface area (Å²) in [5, 5.41) is 17.7. The highest BCUT2D eigenvalue weighted by Crippen LogP contribution is 2.26. The van der Waals surface area contributed by atoms with Gasteiger partial charge < -0.3 is 14.9 Å². The molecule has 0 saturated heterocycles. The minimum Gasteiger partial charge on any atom is -0.507 e. The van der Waals surface area contributed by atoms with Gasteiger partial charge >= 0.3 is 0 Å². The Morgan fingerprint density at radius 3 is 2.77 bits per heavy atom. The van der Waals surface area contributed by atoms with Crippen LogP contribution in [0.2, 0.25) is 0 Å². The molecule has 1 rings (SSSR count). The van der Waals surface area contributed by atoms with Gasteiger partial charge in [0.05, 0.1) is 5.56 Å². The third-order valence-corrected chi connectivity index (χ3v) is 1.67.